The second kappa shape index (κ2) is 7.25. The molecule has 1 aromatic rings. The largest absolute Gasteiger partial charge is 0.265 e. The summed E-state index contributed by atoms with van der Waals surface area (Å²) in [5, 5.41) is 0. The van der Waals surface area contributed by atoms with E-state index < -0.39 is 0 Å². The normalized spacial score (nSPS) is 6.00. The number of nitrogens with zero attached hydrogens (tertiary/aromatic N) is 1. The van der Waals surface area contributed by atoms with Crippen LogP contribution in [0.5, 0.6) is 0 Å². The maximum absolute atomic E-state index is 3.78. The zero-order valence-corrected chi connectivity index (χ0v) is 9.13. The van der Waals surface area contributed by atoms with Crippen LogP contribution in [-0.2, 0) is 19.5 Å². The van der Waals surface area contributed by atoms with Crippen LogP contribution < -0.4 is 0 Å². The third-order valence-corrected chi connectivity index (χ3v) is 0.566. The molecule has 0 aliphatic carbocycles. The predicted octanol–water partition coefficient (Wildman–Crippen LogP) is 1.66. The van der Waals surface area contributed by atoms with Gasteiger partial charge < -0.3 is 0 Å². The van der Waals surface area contributed by atoms with Crippen molar-refractivity contribution in [3.05, 3.63) is 30.6 Å². The van der Waals surface area contributed by atoms with Crippen molar-refractivity contribution in [3.63, 3.8) is 0 Å². The Hall–Kier alpha value is 0.253. The van der Waals surface area contributed by atoms with Crippen LogP contribution in [0.1, 0.15) is 0 Å². The Bertz CT molecular complexity index is 84.4. The minimum absolute atomic E-state index is 0. The van der Waals surface area contributed by atoms with Crippen molar-refractivity contribution < 1.29 is 19.5 Å². The standard InChI is InChI=1S/C5H5N.BrH.Zn/c1-2-4-6-5-3-1;;/h1-5H;1H;. The van der Waals surface area contributed by atoms with E-state index in [1.165, 1.54) is 0 Å². The number of hydrogen-bond acceptors (Lipinski definition) is 1. The molecule has 1 heterocycles. The van der Waals surface area contributed by atoms with E-state index in [4.69, 9.17) is 0 Å². The predicted molar refractivity (Wildman–Crippen MR) is 34.6 cm³/mol. The monoisotopic (exact) mass is 223 g/mol. The number of rotatable bonds is 0. The van der Waals surface area contributed by atoms with Gasteiger partial charge in [0.2, 0.25) is 0 Å². The molecule has 0 bridgehead atoms. The van der Waals surface area contributed by atoms with Crippen LogP contribution in [0, 0.1) is 0 Å². The molecule has 1 rings (SSSR count). The van der Waals surface area contributed by atoms with E-state index in [1.807, 2.05) is 18.2 Å². The van der Waals surface area contributed by atoms with Gasteiger partial charge in [0.25, 0.3) is 0 Å². The van der Waals surface area contributed by atoms with Crippen molar-refractivity contribution >= 4 is 17.0 Å². The Morgan fingerprint density at radius 1 is 0.875 bits per heavy atom. The molecular weight excluding hydrogens is 219 g/mol. The van der Waals surface area contributed by atoms with Gasteiger partial charge in [0.1, 0.15) is 0 Å². The van der Waals surface area contributed by atoms with Gasteiger partial charge >= 0.3 is 0 Å². The summed E-state index contributed by atoms with van der Waals surface area (Å²) in [7, 11) is 0. The first-order valence-corrected chi connectivity index (χ1v) is 1.85. The fourth-order valence-corrected chi connectivity index (χ4v) is 0.313. The summed E-state index contributed by atoms with van der Waals surface area (Å²) in [6, 6.07) is 5.72. The molecule has 1 nitrogen and oxygen atoms in total. The topological polar surface area (TPSA) is 12.9 Å². The van der Waals surface area contributed by atoms with Gasteiger partial charge in [-0.2, -0.15) is 0 Å². The van der Waals surface area contributed by atoms with E-state index in [-0.39, 0.29) is 36.5 Å². The van der Waals surface area contributed by atoms with Crippen molar-refractivity contribution in [1.29, 1.82) is 0 Å². The molecule has 0 N–H and O–H groups in total. The fraction of sp³-hybridized carbons (Fsp3) is 0. The van der Waals surface area contributed by atoms with Crippen LogP contribution >= 0.6 is 17.0 Å². The van der Waals surface area contributed by atoms with Gasteiger partial charge in [0.05, 0.1) is 0 Å². The third-order valence-electron chi connectivity index (χ3n) is 0.566. The van der Waals surface area contributed by atoms with E-state index in [1.54, 1.807) is 12.4 Å². The molecule has 0 radical (unpaired) electrons. The Kier molecular flexibility index (Phi) is 10.1. The Balaban J connectivity index is 0. The van der Waals surface area contributed by atoms with Gasteiger partial charge in [-0.3, -0.25) is 4.98 Å². The molecule has 40 valence electrons. The third kappa shape index (κ3) is 4.41. The summed E-state index contributed by atoms with van der Waals surface area (Å²) in [5.74, 6) is 0. The number of hydrogen-bond donors (Lipinski definition) is 0. The summed E-state index contributed by atoms with van der Waals surface area (Å²) >= 11 is 0. The second-order valence-electron chi connectivity index (χ2n) is 1.02. The van der Waals surface area contributed by atoms with Crippen LogP contribution in [0.3, 0.4) is 0 Å². The quantitative estimate of drug-likeness (QED) is 0.612. The molecule has 8 heavy (non-hydrogen) atoms. The molecule has 0 aromatic carbocycles. The molecule has 0 unspecified atom stereocenters. The van der Waals surface area contributed by atoms with Crippen LogP contribution in [0.4, 0.5) is 0 Å². The van der Waals surface area contributed by atoms with E-state index in [0.29, 0.717) is 0 Å². The first-order chi connectivity index (χ1) is 3.00. The molecule has 0 fully saturated rings. The molecule has 0 saturated heterocycles. The van der Waals surface area contributed by atoms with Gasteiger partial charge in [0, 0.05) is 31.9 Å². The molecule has 0 atom stereocenters. The molecule has 0 amide bonds. The number of aromatic nitrogens is 1. The Labute approximate surface area is 72.0 Å². The van der Waals surface area contributed by atoms with Crippen LogP contribution in [0.25, 0.3) is 0 Å². The average Bonchev–Trinajstić information content (AvgIpc) is 1.72. The van der Waals surface area contributed by atoms with Gasteiger partial charge in [-0.25, -0.2) is 0 Å². The summed E-state index contributed by atoms with van der Waals surface area (Å²) in [6.07, 6.45) is 3.50. The average molecular weight is 225 g/mol. The SMILES string of the molecule is Br.[Zn].c1ccncc1. The smallest absolute Gasteiger partial charge is 0.0267 e. The Morgan fingerprint density at radius 3 is 1.50 bits per heavy atom. The fourth-order valence-electron chi connectivity index (χ4n) is 0.313. The molecular formula is C5H6BrNZn. The number of pyridine rings is 1. The van der Waals surface area contributed by atoms with Gasteiger partial charge in [-0.15, -0.1) is 17.0 Å². The molecule has 1 aromatic heterocycles. The number of halogens is 1. The second-order valence-corrected chi connectivity index (χ2v) is 1.02. The minimum atomic E-state index is 0. The van der Waals surface area contributed by atoms with Crippen LogP contribution in [-0.4, -0.2) is 4.98 Å². The maximum atomic E-state index is 3.78. The first kappa shape index (κ1) is 11.1. The van der Waals surface area contributed by atoms with Crippen molar-refractivity contribution in [2.24, 2.45) is 0 Å². The Morgan fingerprint density at radius 2 is 1.38 bits per heavy atom. The molecule has 0 aliphatic rings. The van der Waals surface area contributed by atoms with Gasteiger partial charge in [-0.05, 0) is 12.1 Å². The molecule has 3 heteroatoms. The van der Waals surface area contributed by atoms with Crippen LogP contribution in [0.2, 0.25) is 0 Å². The van der Waals surface area contributed by atoms with Crippen molar-refractivity contribution in [2.45, 2.75) is 0 Å². The first-order valence-electron chi connectivity index (χ1n) is 1.85. The zero-order chi connectivity index (χ0) is 4.24. The van der Waals surface area contributed by atoms with Crippen molar-refractivity contribution in [2.75, 3.05) is 0 Å². The minimum Gasteiger partial charge on any atom is -0.265 e. The van der Waals surface area contributed by atoms with Crippen molar-refractivity contribution in [3.8, 4) is 0 Å². The van der Waals surface area contributed by atoms with Crippen LogP contribution in [0.15, 0.2) is 30.6 Å². The summed E-state index contributed by atoms with van der Waals surface area (Å²) in [5.41, 5.74) is 0. The summed E-state index contributed by atoms with van der Waals surface area (Å²) in [6.45, 7) is 0. The summed E-state index contributed by atoms with van der Waals surface area (Å²) < 4.78 is 0. The molecule has 0 aliphatic heterocycles. The molecule has 0 saturated carbocycles. The van der Waals surface area contributed by atoms with Gasteiger partial charge in [0.15, 0.2) is 0 Å². The van der Waals surface area contributed by atoms with Gasteiger partial charge in [-0.1, -0.05) is 6.07 Å². The van der Waals surface area contributed by atoms with E-state index in [9.17, 15) is 0 Å². The van der Waals surface area contributed by atoms with E-state index in [0.717, 1.165) is 0 Å². The molecule has 0 spiro atoms. The zero-order valence-electron chi connectivity index (χ0n) is 4.45. The van der Waals surface area contributed by atoms with E-state index in [2.05, 4.69) is 4.98 Å². The van der Waals surface area contributed by atoms with E-state index >= 15 is 0 Å². The summed E-state index contributed by atoms with van der Waals surface area (Å²) in [4.78, 5) is 3.78. The van der Waals surface area contributed by atoms with Crippen molar-refractivity contribution in [1.82, 2.24) is 4.98 Å². The maximum Gasteiger partial charge on any atom is 0.0267 e.